The molecule has 0 N–H and O–H groups in total. The van der Waals surface area contributed by atoms with Gasteiger partial charge < -0.3 is 18.9 Å². The minimum atomic E-state index is 0.640. The molecule has 26 heavy (non-hydrogen) atoms. The topological polar surface area (TPSA) is 36.9 Å². The van der Waals surface area contributed by atoms with E-state index in [4.69, 9.17) is 18.9 Å². The number of unbranched alkanes of at least 4 members (excludes halogenated alkanes) is 5. The number of hydrogen-bond acceptors (Lipinski definition) is 4. The minimum Gasteiger partial charge on any atom is -0.492 e. The van der Waals surface area contributed by atoms with Gasteiger partial charge in [-0.25, -0.2) is 0 Å². The number of methoxy groups -OCH3 is 4. The number of benzene rings is 1. The molecule has 2 rings (SSSR count). The highest BCUT2D eigenvalue weighted by Crippen LogP contribution is 2.53. The van der Waals surface area contributed by atoms with Gasteiger partial charge in [0.25, 0.3) is 0 Å². The van der Waals surface area contributed by atoms with Crippen LogP contribution in [0.3, 0.4) is 0 Å². The van der Waals surface area contributed by atoms with Gasteiger partial charge in [-0.2, -0.15) is 0 Å². The van der Waals surface area contributed by atoms with E-state index < -0.39 is 0 Å². The minimum absolute atomic E-state index is 0.640. The standard InChI is InChI=1S/C21H33IO4/c1-23-18-16-13-15(11-9-7-5-6-8-10-12-22)14-17(16)19(24-2)21(26-4)20(18)25-3/h15H,5-14H2,1-4H3. The van der Waals surface area contributed by atoms with Gasteiger partial charge in [0, 0.05) is 11.1 Å². The Morgan fingerprint density at radius 3 is 1.50 bits per heavy atom. The Labute approximate surface area is 172 Å². The van der Waals surface area contributed by atoms with Crippen LogP contribution in [0.25, 0.3) is 0 Å². The molecule has 0 heterocycles. The van der Waals surface area contributed by atoms with Crippen LogP contribution in [0.15, 0.2) is 0 Å². The first kappa shape index (κ1) is 21.5. The highest BCUT2D eigenvalue weighted by molar-refractivity contribution is 14.1. The third-order valence-corrected chi connectivity index (χ3v) is 6.09. The van der Waals surface area contributed by atoms with Crippen molar-refractivity contribution >= 4 is 22.6 Å². The predicted octanol–water partition coefficient (Wildman–Crippen LogP) is 5.60. The summed E-state index contributed by atoms with van der Waals surface area (Å²) >= 11 is 2.46. The van der Waals surface area contributed by atoms with Crippen LogP contribution in [0.4, 0.5) is 0 Å². The molecule has 5 heteroatoms. The van der Waals surface area contributed by atoms with Gasteiger partial charge in [0.1, 0.15) is 0 Å². The molecular formula is C21H33IO4. The lowest BCUT2D eigenvalue weighted by Crippen LogP contribution is -2.02. The molecule has 1 aliphatic rings. The number of ether oxygens (including phenoxy) is 4. The molecule has 1 aromatic rings. The third kappa shape index (κ3) is 4.90. The van der Waals surface area contributed by atoms with Crippen LogP contribution in [0, 0.1) is 5.92 Å². The Hall–Kier alpha value is -0.850. The molecule has 0 aromatic heterocycles. The van der Waals surface area contributed by atoms with Crippen LogP contribution in [0.1, 0.15) is 56.1 Å². The van der Waals surface area contributed by atoms with Crippen molar-refractivity contribution in [3.8, 4) is 23.0 Å². The first-order valence-corrected chi connectivity index (χ1v) is 11.2. The fourth-order valence-corrected chi connectivity index (χ4v) is 4.62. The summed E-state index contributed by atoms with van der Waals surface area (Å²) in [7, 11) is 6.70. The van der Waals surface area contributed by atoms with E-state index in [2.05, 4.69) is 22.6 Å². The molecule has 0 saturated carbocycles. The zero-order valence-electron chi connectivity index (χ0n) is 16.7. The van der Waals surface area contributed by atoms with Crippen molar-refractivity contribution in [3.05, 3.63) is 11.1 Å². The molecule has 0 unspecified atom stereocenters. The van der Waals surface area contributed by atoms with Crippen LogP contribution in [-0.4, -0.2) is 32.9 Å². The first-order valence-electron chi connectivity index (χ1n) is 9.65. The lowest BCUT2D eigenvalue weighted by Gasteiger charge is -2.19. The molecule has 0 radical (unpaired) electrons. The Balaban J connectivity index is 2.02. The Morgan fingerprint density at radius 1 is 0.654 bits per heavy atom. The summed E-state index contributed by atoms with van der Waals surface area (Å²) in [6.45, 7) is 0. The second-order valence-corrected chi connectivity index (χ2v) is 8.04. The van der Waals surface area contributed by atoms with E-state index >= 15 is 0 Å². The summed E-state index contributed by atoms with van der Waals surface area (Å²) < 4.78 is 23.8. The van der Waals surface area contributed by atoms with Crippen molar-refractivity contribution in [1.29, 1.82) is 0 Å². The summed E-state index contributed by atoms with van der Waals surface area (Å²) in [4.78, 5) is 0. The van der Waals surface area contributed by atoms with Crippen LogP contribution in [0.2, 0.25) is 0 Å². The molecular weight excluding hydrogens is 443 g/mol. The molecule has 148 valence electrons. The monoisotopic (exact) mass is 476 g/mol. The first-order chi connectivity index (χ1) is 12.7. The van der Waals surface area contributed by atoms with Gasteiger partial charge in [0.15, 0.2) is 11.5 Å². The summed E-state index contributed by atoms with van der Waals surface area (Å²) in [5, 5.41) is 0. The number of fused-ring (bicyclic) bond motifs is 1. The summed E-state index contributed by atoms with van der Waals surface area (Å²) in [6.07, 6.45) is 11.5. The molecule has 0 bridgehead atoms. The second kappa shape index (κ2) is 11.1. The zero-order chi connectivity index (χ0) is 18.9. The lowest BCUT2D eigenvalue weighted by molar-refractivity contribution is 0.303. The predicted molar refractivity (Wildman–Crippen MR) is 115 cm³/mol. The van der Waals surface area contributed by atoms with Gasteiger partial charge in [-0.15, -0.1) is 0 Å². The van der Waals surface area contributed by atoms with Crippen molar-refractivity contribution in [3.63, 3.8) is 0 Å². The molecule has 0 amide bonds. The SMILES string of the molecule is COc1c2c(c(OC)c(OC)c1OC)CC(CCCCCCCCI)C2. The van der Waals surface area contributed by atoms with E-state index in [0.717, 1.165) is 24.3 Å². The van der Waals surface area contributed by atoms with Crippen LogP contribution < -0.4 is 18.9 Å². The Bertz CT molecular complexity index is 533. The largest absolute Gasteiger partial charge is 0.492 e. The molecule has 1 aromatic carbocycles. The molecule has 0 fully saturated rings. The van der Waals surface area contributed by atoms with E-state index in [1.165, 1.54) is 60.5 Å². The smallest absolute Gasteiger partial charge is 0.207 e. The average Bonchev–Trinajstić information content (AvgIpc) is 3.08. The molecule has 0 spiro atoms. The van der Waals surface area contributed by atoms with Gasteiger partial charge >= 0.3 is 0 Å². The van der Waals surface area contributed by atoms with E-state index in [-0.39, 0.29) is 0 Å². The highest BCUT2D eigenvalue weighted by atomic mass is 127. The van der Waals surface area contributed by atoms with E-state index in [1.807, 2.05) is 0 Å². The highest BCUT2D eigenvalue weighted by Gasteiger charge is 2.33. The van der Waals surface area contributed by atoms with Gasteiger partial charge in [-0.05, 0) is 36.0 Å². The van der Waals surface area contributed by atoms with Crippen molar-refractivity contribution in [2.75, 3.05) is 32.9 Å². The Kier molecular flexibility index (Phi) is 9.16. The maximum absolute atomic E-state index is 5.69. The second-order valence-electron chi connectivity index (χ2n) is 6.96. The van der Waals surface area contributed by atoms with Crippen LogP contribution in [-0.2, 0) is 12.8 Å². The zero-order valence-corrected chi connectivity index (χ0v) is 18.8. The van der Waals surface area contributed by atoms with E-state index in [9.17, 15) is 0 Å². The number of halogens is 1. The maximum Gasteiger partial charge on any atom is 0.207 e. The van der Waals surface area contributed by atoms with E-state index in [1.54, 1.807) is 28.4 Å². The van der Waals surface area contributed by atoms with Crippen molar-refractivity contribution in [2.24, 2.45) is 5.92 Å². The average molecular weight is 476 g/mol. The fraction of sp³-hybridized carbons (Fsp3) is 0.714. The van der Waals surface area contributed by atoms with Crippen LogP contribution in [0.5, 0.6) is 23.0 Å². The molecule has 4 nitrogen and oxygen atoms in total. The van der Waals surface area contributed by atoms with Crippen molar-refractivity contribution < 1.29 is 18.9 Å². The maximum atomic E-state index is 5.69. The third-order valence-electron chi connectivity index (χ3n) is 5.33. The van der Waals surface area contributed by atoms with Crippen molar-refractivity contribution in [1.82, 2.24) is 0 Å². The van der Waals surface area contributed by atoms with E-state index in [0.29, 0.717) is 17.4 Å². The quantitative estimate of drug-likeness (QED) is 0.224. The Morgan fingerprint density at radius 2 is 1.08 bits per heavy atom. The normalized spacial score (nSPS) is 13.6. The molecule has 0 saturated heterocycles. The summed E-state index contributed by atoms with van der Waals surface area (Å²) in [5.41, 5.74) is 2.46. The van der Waals surface area contributed by atoms with Gasteiger partial charge in [-0.1, -0.05) is 54.7 Å². The number of rotatable bonds is 12. The molecule has 1 aliphatic carbocycles. The van der Waals surface area contributed by atoms with Gasteiger partial charge in [0.05, 0.1) is 28.4 Å². The van der Waals surface area contributed by atoms with Gasteiger partial charge in [-0.3, -0.25) is 0 Å². The molecule has 0 atom stereocenters. The van der Waals surface area contributed by atoms with Gasteiger partial charge in [0.2, 0.25) is 11.5 Å². The summed E-state index contributed by atoms with van der Waals surface area (Å²) in [5.74, 6) is 3.55. The molecule has 0 aliphatic heterocycles. The van der Waals surface area contributed by atoms with Crippen molar-refractivity contribution in [2.45, 2.75) is 57.8 Å². The number of hydrogen-bond donors (Lipinski definition) is 0. The lowest BCUT2D eigenvalue weighted by atomic mass is 9.97. The number of alkyl halides is 1. The fourth-order valence-electron chi connectivity index (χ4n) is 4.08. The van der Waals surface area contributed by atoms with Crippen LogP contribution >= 0.6 is 22.6 Å². The summed E-state index contributed by atoms with van der Waals surface area (Å²) in [6, 6.07) is 0.